The molecular weight excluding hydrogens is 420 g/mol. The number of nitrogens with zero attached hydrogens (tertiary/aromatic N) is 4. The van der Waals surface area contributed by atoms with Crippen LogP contribution in [0.3, 0.4) is 0 Å². The third-order valence-corrected chi connectivity index (χ3v) is 5.12. The Bertz CT molecular complexity index is 1230. The van der Waals surface area contributed by atoms with Crippen LogP contribution in [0, 0.1) is 10.1 Å². The summed E-state index contributed by atoms with van der Waals surface area (Å²) in [7, 11) is 1.53. The highest BCUT2D eigenvalue weighted by atomic mass is 32.2. The summed E-state index contributed by atoms with van der Waals surface area (Å²) >= 11 is 1.08. The molecule has 0 unspecified atom stereocenters. The number of esters is 1. The van der Waals surface area contributed by atoms with Gasteiger partial charge in [-0.05, 0) is 53.7 Å². The first kappa shape index (κ1) is 20.2. The molecule has 2 heterocycles. The van der Waals surface area contributed by atoms with Crippen LogP contribution in [0.5, 0.6) is 5.75 Å². The van der Waals surface area contributed by atoms with Gasteiger partial charge in [0.2, 0.25) is 5.90 Å². The Labute approximate surface area is 180 Å². The Balaban J connectivity index is 1.64. The third kappa shape index (κ3) is 4.59. The number of nitro benzene ring substituents is 1. The number of carbonyl (C=O) groups excluding carboxylic acids is 1. The number of hydrogen-bond donors (Lipinski definition) is 0. The van der Waals surface area contributed by atoms with Crippen LogP contribution in [0.15, 0.2) is 81.7 Å². The maximum atomic E-state index is 12.3. The van der Waals surface area contributed by atoms with Gasteiger partial charge >= 0.3 is 5.97 Å². The minimum absolute atomic E-state index is 0.0407. The van der Waals surface area contributed by atoms with Gasteiger partial charge in [-0.1, -0.05) is 12.1 Å². The lowest BCUT2D eigenvalue weighted by Crippen LogP contribution is -2.05. The molecule has 154 valence electrons. The predicted molar refractivity (Wildman–Crippen MR) is 113 cm³/mol. The number of carbonyl (C=O) groups is 1. The van der Waals surface area contributed by atoms with Gasteiger partial charge in [-0.3, -0.25) is 10.1 Å². The number of benzene rings is 2. The molecule has 0 radical (unpaired) electrons. The zero-order valence-electron chi connectivity index (χ0n) is 16.1. The van der Waals surface area contributed by atoms with Crippen LogP contribution in [0.1, 0.15) is 11.1 Å². The van der Waals surface area contributed by atoms with E-state index in [1.807, 2.05) is 0 Å². The van der Waals surface area contributed by atoms with Crippen LogP contribution in [-0.2, 0) is 9.53 Å². The van der Waals surface area contributed by atoms with E-state index in [0.717, 1.165) is 11.8 Å². The number of rotatable bonds is 6. The van der Waals surface area contributed by atoms with E-state index in [1.54, 1.807) is 54.9 Å². The molecule has 0 spiro atoms. The topological polar surface area (TPSA) is 117 Å². The van der Waals surface area contributed by atoms with Crippen molar-refractivity contribution in [2.24, 2.45) is 4.99 Å². The lowest BCUT2D eigenvalue weighted by Gasteiger charge is -2.03. The molecule has 0 amide bonds. The molecule has 1 aliphatic heterocycles. The van der Waals surface area contributed by atoms with Crippen LogP contribution in [0.2, 0.25) is 0 Å². The zero-order chi connectivity index (χ0) is 21.8. The Kier molecular flexibility index (Phi) is 5.72. The summed E-state index contributed by atoms with van der Waals surface area (Å²) in [5.74, 6) is 0.0921. The van der Waals surface area contributed by atoms with Crippen LogP contribution < -0.4 is 4.74 Å². The second-order valence-electron chi connectivity index (χ2n) is 6.19. The maximum absolute atomic E-state index is 12.3. The fraction of sp³-hybridized carbons (Fsp3) is 0.0476. The molecule has 4 rings (SSSR count). The molecule has 0 N–H and O–H groups in total. The second kappa shape index (κ2) is 8.76. The highest BCUT2D eigenvalue weighted by molar-refractivity contribution is 7.99. The number of methoxy groups -OCH3 is 1. The number of nitro groups is 1. The van der Waals surface area contributed by atoms with Crippen molar-refractivity contribution in [2.75, 3.05) is 7.11 Å². The Morgan fingerprint density at radius 3 is 2.68 bits per heavy atom. The molecule has 3 aromatic rings. The summed E-state index contributed by atoms with van der Waals surface area (Å²) in [5.41, 5.74) is 0.929. The van der Waals surface area contributed by atoms with Gasteiger partial charge in [-0.2, -0.15) is 0 Å². The van der Waals surface area contributed by atoms with E-state index in [-0.39, 0.29) is 17.3 Å². The van der Waals surface area contributed by atoms with Gasteiger partial charge in [0.1, 0.15) is 5.75 Å². The Morgan fingerprint density at radius 1 is 1.13 bits per heavy atom. The van der Waals surface area contributed by atoms with Crippen LogP contribution in [0.4, 0.5) is 5.69 Å². The fourth-order valence-electron chi connectivity index (χ4n) is 2.74. The molecule has 2 aromatic carbocycles. The number of aromatic nitrogens is 2. The van der Waals surface area contributed by atoms with Gasteiger partial charge in [0.15, 0.2) is 10.9 Å². The third-order valence-electron chi connectivity index (χ3n) is 4.16. The summed E-state index contributed by atoms with van der Waals surface area (Å²) in [6, 6.07) is 13.2. The average Bonchev–Trinajstić information content (AvgIpc) is 3.15. The fourth-order valence-corrected chi connectivity index (χ4v) is 3.53. The Hall–Kier alpha value is -4.05. The SMILES string of the molecule is COc1cccc(C2=N/C(=C/c3ccc(Sc4ncccn4)c([N+](=O)[O-])c3)C(=O)O2)c1. The standard InChI is InChI=1S/C21H14N4O5S/c1-29-15-5-2-4-14(12-15)19-24-16(20(26)30-19)10-13-6-7-18(17(11-13)25(27)28)31-21-22-8-3-9-23-21/h2-12H,1H3/b16-10+. The molecule has 31 heavy (non-hydrogen) atoms. The smallest absolute Gasteiger partial charge is 0.363 e. The number of aliphatic imine (C=N–C) groups is 1. The van der Waals surface area contributed by atoms with E-state index in [4.69, 9.17) is 9.47 Å². The highest BCUT2D eigenvalue weighted by Gasteiger charge is 2.25. The summed E-state index contributed by atoms with van der Waals surface area (Å²) in [6.07, 6.45) is 4.56. The molecule has 0 bridgehead atoms. The molecule has 9 nitrogen and oxygen atoms in total. The van der Waals surface area contributed by atoms with Crippen molar-refractivity contribution >= 4 is 35.4 Å². The van der Waals surface area contributed by atoms with Crippen molar-refractivity contribution in [2.45, 2.75) is 10.1 Å². The van der Waals surface area contributed by atoms with Gasteiger partial charge in [0.25, 0.3) is 5.69 Å². The molecule has 0 aliphatic carbocycles. The van der Waals surface area contributed by atoms with Crippen LogP contribution >= 0.6 is 11.8 Å². The van der Waals surface area contributed by atoms with Crippen molar-refractivity contribution < 1.29 is 19.2 Å². The van der Waals surface area contributed by atoms with Crippen molar-refractivity contribution in [3.63, 3.8) is 0 Å². The number of cyclic esters (lactones) is 1. The van der Waals surface area contributed by atoms with Gasteiger partial charge in [-0.25, -0.2) is 19.8 Å². The molecule has 0 saturated heterocycles. The van der Waals surface area contributed by atoms with E-state index in [0.29, 0.717) is 26.9 Å². The van der Waals surface area contributed by atoms with E-state index < -0.39 is 10.9 Å². The first-order chi connectivity index (χ1) is 15.0. The molecule has 1 aromatic heterocycles. The van der Waals surface area contributed by atoms with E-state index in [9.17, 15) is 14.9 Å². The summed E-state index contributed by atoms with van der Waals surface area (Å²) in [5, 5.41) is 12.0. The quantitative estimate of drug-likeness (QED) is 0.189. The van der Waals surface area contributed by atoms with Gasteiger partial charge < -0.3 is 9.47 Å². The normalized spacial score (nSPS) is 14.3. The number of ether oxygens (including phenoxy) is 2. The van der Waals surface area contributed by atoms with E-state index in [2.05, 4.69) is 15.0 Å². The average molecular weight is 434 g/mol. The van der Waals surface area contributed by atoms with Gasteiger partial charge in [0, 0.05) is 24.0 Å². The molecule has 0 atom stereocenters. The Morgan fingerprint density at radius 2 is 1.94 bits per heavy atom. The summed E-state index contributed by atoms with van der Waals surface area (Å²) in [4.78, 5) is 36.1. The maximum Gasteiger partial charge on any atom is 0.363 e. The molecular formula is C21H14N4O5S. The minimum atomic E-state index is -0.642. The van der Waals surface area contributed by atoms with E-state index >= 15 is 0 Å². The largest absolute Gasteiger partial charge is 0.497 e. The number of hydrogen-bond acceptors (Lipinski definition) is 9. The van der Waals surface area contributed by atoms with Crippen molar-refractivity contribution in [1.29, 1.82) is 0 Å². The molecule has 0 fully saturated rings. The zero-order valence-corrected chi connectivity index (χ0v) is 16.9. The second-order valence-corrected chi connectivity index (χ2v) is 7.19. The first-order valence-corrected chi connectivity index (χ1v) is 9.75. The van der Waals surface area contributed by atoms with Crippen molar-refractivity contribution in [3.05, 3.63) is 87.9 Å². The molecule has 1 aliphatic rings. The lowest BCUT2D eigenvalue weighted by atomic mass is 10.1. The van der Waals surface area contributed by atoms with Crippen LogP contribution in [-0.4, -0.2) is 33.9 Å². The van der Waals surface area contributed by atoms with Crippen LogP contribution in [0.25, 0.3) is 6.08 Å². The van der Waals surface area contributed by atoms with Gasteiger partial charge in [0.05, 0.1) is 16.9 Å². The minimum Gasteiger partial charge on any atom is -0.497 e. The van der Waals surface area contributed by atoms with Gasteiger partial charge in [-0.15, -0.1) is 0 Å². The monoisotopic (exact) mass is 434 g/mol. The highest BCUT2D eigenvalue weighted by Crippen LogP contribution is 2.34. The predicted octanol–water partition coefficient (Wildman–Crippen LogP) is 3.89. The van der Waals surface area contributed by atoms with E-state index in [1.165, 1.54) is 19.3 Å². The first-order valence-electron chi connectivity index (χ1n) is 8.94. The molecule has 0 saturated carbocycles. The van der Waals surface area contributed by atoms with Crippen molar-refractivity contribution in [1.82, 2.24) is 9.97 Å². The lowest BCUT2D eigenvalue weighted by molar-refractivity contribution is -0.387. The van der Waals surface area contributed by atoms with Crippen molar-refractivity contribution in [3.8, 4) is 5.75 Å². The molecule has 10 heteroatoms. The summed E-state index contributed by atoms with van der Waals surface area (Å²) in [6.45, 7) is 0. The summed E-state index contributed by atoms with van der Waals surface area (Å²) < 4.78 is 10.4.